The number of rotatable bonds is 2. The van der Waals surface area contributed by atoms with Crippen molar-refractivity contribution in [1.82, 2.24) is 9.97 Å². The van der Waals surface area contributed by atoms with Crippen molar-refractivity contribution in [3.05, 3.63) is 18.1 Å². The molecule has 2 N–H and O–H groups in total. The molecule has 0 amide bonds. The van der Waals surface area contributed by atoms with Crippen LogP contribution in [0, 0.1) is 0 Å². The highest BCUT2D eigenvalue weighted by atomic mass is 35.5. The third-order valence-corrected chi connectivity index (χ3v) is 1.04. The summed E-state index contributed by atoms with van der Waals surface area (Å²) in [5.74, 6) is 0.474. The van der Waals surface area contributed by atoms with Crippen LogP contribution in [0.1, 0.15) is 5.69 Å². The summed E-state index contributed by atoms with van der Waals surface area (Å²) in [4.78, 5) is 7.65. The molecule has 6 heteroatoms. The smallest absolute Gasteiger partial charge is 0.127 e. The van der Waals surface area contributed by atoms with Gasteiger partial charge in [-0.3, -0.25) is 0 Å². The standard InChI is InChI=1S/C6H9N3O.CH2Cl2/c1-10-3-5-2-6(7)9-4-8-5;2-1-3/h2,4H,3H2,1H3,(H2,7,8,9);1H2. The minimum absolute atomic E-state index is 0.194. The Hall–Kier alpha value is -0.580. The first-order chi connectivity index (χ1) is 6.24. The number of nitrogen functional groups attached to an aromatic ring is 1. The van der Waals surface area contributed by atoms with Gasteiger partial charge in [0.2, 0.25) is 0 Å². The third kappa shape index (κ3) is 6.57. The maximum Gasteiger partial charge on any atom is 0.127 e. The predicted octanol–water partition coefficient (Wildman–Crippen LogP) is 1.63. The summed E-state index contributed by atoms with van der Waals surface area (Å²) in [6.45, 7) is 0.479. The van der Waals surface area contributed by atoms with Gasteiger partial charge in [-0.05, 0) is 0 Å². The van der Waals surface area contributed by atoms with E-state index in [1.165, 1.54) is 6.33 Å². The van der Waals surface area contributed by atoms with Crippen molar-refractivity contribution in [1.29, 1.82) is 0 Å². The molecule has 0 spiro atoms. The van der Waals surface area contributed by atoms with Crippen molar-refractivity contribution < 1.29 is 4.74 Å². The Bertz CT molecular complexity index is 235. The zero-order valence-electron chi connectivity index (χ0n) is 7.20. The van der Waals surface area contributed by atoms with Crippen LogP contribution in [0.15, 0.2) is 12.4 Å². The molecule has 0 atom stereocenters. The summed E-state index contributed by atoms with van der Waals surface area (Å²) in [6, 6.07) is 1.68. The van der Waals surface area contributed by atoms with E-state index in [-0.39, 0.29) is 5.34 Å². The number of nitrogens with two attached hydrogens (primary N) is 1. The molecule has 0 bridgehead atoms. The maximum absolute atomic E-state index is 5.38. The highest BCUT2D eigenvalue weighted by Crippen LogP contribution is 1.98. The Morgan fingerprint density at radius 3 is 2.54 bits per heavy atom. The third-order valence-electron chi connectivity index (χ3n) is 1.04. The van der Waals surface area contributed by atoms with Gasteiger partial charge in [-0.1, -0.05) is 0 Å². The number of hydrogen-bond donors (Lipinski definition) is 1. The summed E-state index contributed by atoms with van der Waals surface area (Å²) in [5.41, 5.74) is 6.18. The molecule has 0 aliphatic heterocycles. The highest BCUT2D eigenvalue weighted by molar-refractivity contribution is 6.40. The number of aromatic nitrogens is 2. The van der Waals surface area contributed by atoms with Gasteiger partial charge >= 0.3 is 0 Å². The second kappa shape index (κ2) is 8.04. The van der Waals surface area contributed by atoms with Gasteiger partial charge in [-0.15, -0.1) is 23.2 Å². The fourth-order valence-corrected chi connectivity index (χ4v) is 0.642. The lowest BCUT2D eigenvalue weighted by Crippen LogP contribution is -1.96. The van der Waals surface area contributed by atoms with Crippen LogP contribution >= 0.6 is 23.2 Å². The minimum Gasteiger partial charge on any atom is -0.384 e. The lowest BCUT2D eigenvalue weighted by atomic mass is 10.4. The van der Waals surface area contributed by atoms with E-state index in [1.54, 1.807) is 13.2 Å². The Labute approximate surface area is 87.0 Å². The molecular weight excluding hydrogens is 213 g/mol. The van der Waals surface area contributed by atoms with Crippen LogP contribution in [0.2, 0.25) is 0 Å². The van der Waals surface area contributed by atoms with Gasteiger partial charge in [0.05, 0.1) is 17.6 Å². The molecule has 0 radical (unpaired) electrons. The summed E-state index contributed by atoms with van der Waals surface area (Å²) < 4.78 is 4.84. The summed E-state index contributed by atoms with van der Waals surface area (Å²) in [5, 5.41) is 0.194. The van der Waals surface area contributed by atoms with Gasteiger partial charge in [0.1, 0.15) is 12.1 Å². The van der Waals surface area contributed by atoms with Crippen LogP contribution in [0.4, 0.5) is 5.82 Å². The van der Waals surface area contributed by atoms with E-state index in [4.69, 9.17) is 33.7 Å². The number of nitrogens with zero attached hydrogens (tertiary/aromatic N) is 2. The van der Waals surface area contributed by atoms with Crippen molar-refractivity contribution in [3.63, 3.8) is 0 Å². The van der Waals surface area contributed by atoms with Crippen molar-refractivity contribution >= 4 is 29.0 Å². The summed E-state index contributed by atoms with van der Waals surface area (Å²) in [7, 11) is 1.61. The SMILES string of the molecule is COCc1cc(N)ncn1.ClCCl. The summed E-state index contributed by atoms with van der Waals surface area (Å²) >= 11 is 9.53. The largest absolute Gasteiger partial charge is 0.384 e. The Kier molecular flexibility index (Phi) is 7.68. The first-order valence-corrected chi connectivity index (χ1v) is 4.48. The molecule has 1 aromatic rings. The molecule has 1 rings (SSSR count). The number of alkyl halides is 2. The highest BCUT2D eigenvalue weighted by Gasteiger charge is 1.92. The molecule has 74 valence electrons. The van der Waals surface area contributed by atoms with Crippen LogP contribution in [0.3, 0.4) is 0 Å². The first kappa shape index (κ1) is 12.4. The molecule has 0 saturated heterocycles. The first-order valence-electron chi connectivity index (χ1n) is 3.41. The van der Waals surface area contributed by atoms with Crippen LogP contribution in [-0.4, -0.2) is 22.4 Å². The number of ether oxygens (including phenoxy) is 1. The predicted molar refractivity (Wildman–Crippen MR) is 53.7 cm³/mol. The fourth-order valence-electron chi connectivity index (χ4n) is 0.642. The van der Waals surface area contributed by atoms with Crippen LogP contribution in [-0.2, 0) is 11.3 Å². The fraction of sp³-hybridized carbons (Fsp3) is 0.429. The number of halogens is 2. The Balaban J connectivity index is 0.000000424. The molecular formula is C7H11Cl2N3O. The van der Waals surface area contributed by atoms with E-state index in [0.717, 1.165) is 5.69 Å². The summed E-state index contributed by atoms with van der Waals surface area (Å²) in [6.07, 6.45) is 1.42. The van der Waals surface area contributed by atoms with Gasteiger partial charge in [0, 0.05) is 13.2 Å². The second-order valence-corrected chi connectivity index (χ2v) is 2.78. The maximum atomic E-state index is 5.38. The number of methoxy groups -OCH3 is 1. The van der Waals surface area contributed by atoms with Gasteiger partial charge in [-0.25, -0.2) is 9.97 Å². The average Bonchev–Trinajstić information content (AvgIpc) is 2.06. The lowest BCUT2D eigenvalue weighted by Gasteiger charge is -1.97. The number of hydrogen-bond acceptors (Lipinski definition) is 4. The number of anilines is 1. The quantitative estimate of drug-likeness (QED) is 0.775. The minimum atomic E-state index is 0.194. The zero-order chi connectivity index (χ0) is 10.1. The molecule has 4 nitrogen and oxygen atoms in total. The molecule has 13 heavy (non-hydrogen) atoms. The van der Waals surface area contributed by atoms with Crippen LogP contribution in [0.5, 0.6) is 0 Å². The molecule has 1 heterocycles. The Morgan fingerprint density at radius 2 is 2.08 bits per heavy atom. The van der Waals surface area contributed by atoms with E-state index in [2.05, 4.69) is 9.97 Å². The van der Waals surface area contributed by atoms with E-state index in [0.29, 0.717) is 12.4 Å². The monoisotopic (exact) mass is 223 g/mol. The molecule has 0 unspecified atom stereocenters. The van der Waals surface area contributed by atoms with Gasteiger partial charge < -0.3 is 10.5 Å². The van der Waals surface area contributed by atoms with Crippen molar-refractivity contribution in [2.45, 2.75) is 6.61 Å². The topological polar surface area (TPSA) is 61.0 Å². The Morgan fingerprint density at radius 1 is 1.46 bits per heavy atom. The normalized spacial score (nSPS) is 8.85. The average molecular weight is 224 g/mol. The molecule has 0 saturated carbocycles. The van der Waals surface area contributed by atoms with E-state index in [1.807, 2.05) is 0 Å². The zero-order valence-corrected chi connectivity index (χ0v) is 8.72. The van der Waals surface area contributed by atoms with Gasteiger partial charge in [-0.2, -0.15) is 0 Å². The lowest BCUT2D eigenvalue weighted by molar-refractivity contribution is 0.181. The molecule has 0 aliphatic rings. The molecule has 1 aromatic heterocycles. The van der Waals surface area contributed by atoms with E-state index in [9.17, 15) is 0 Å². The van der Waals surface area contributed by atoms with Crippen LogP contribution < -0.4 is 5.73 Å². The molecule has 0 aromatic carbocycles. The molecule has 0 aliphatic carbocycles. The van der Waals surface area contributed by atoms with E-state index < -0.39 is 0 Å². The van der Waals surface area contributed by atoms with Crippen molar-refractivity contribution in [2.75, 3.05) is 18.2 Å². The van der Waals surface area contributed by atoms with Crippen molar-refractivity contribution in [3.8, 4) is 0 Å². The van der Waals surface area contributed by atoms with Crippen molar-refractivity contribution in [2.24, 2.45) is 0 Å². The molecule has 0 fully saturated rings. The van der Waals surface area contributed by atoms with E-state index >= 15 is 0 Å². The van der Waals surface area contributed by atoms with Gasteiger partial charge in [0.15, 0.2) is 0 Å². The second-order valence-electron chi connectivity index (χ2n) is 1.97. The van der Waals surface area contributed by atoms with Gasteiger partial charge in [0.25, 0.3) is 0 Å². The van der Waals surface area contributed by atoms with Crippen LogP contribution in [0.25, 0.3) is 0 Å².